The van der Waals surface area contributed by atoms with Gasteiger partial charge < -0.3 is 9.80 Å². The summed E-state index contributed by atoms with van der Waals surface area (Å²) in [5.41, 5.74) is 2.41. The number of alkyl halides is 1. The second kappa shape index (κ2) is 7.65. The lowest BCUT2D eigenvalue weighted by atomic mass is 10.1. The topological polar surface area (TPSA) is 6.48 Å². The van der Waals surface area contributed by atoms with Crippen LogP contribution in [0, 0.1) is 0 Å². The molecule has 1 atom stereocenters. The Labute approximate surface area is 117 Å². The molecule has 1 unspecified atom stereocenters. The van der Waals surface area contributed by atoms with Crippen molar-refractivity contribution in [2.75, 3.05) is 39.1 Å². The molecule has 0 heterocycles. The number of hydrogen-bond donors (Lipinski definition) is 0. The Kier molecular flexibility index (Phi) is 6.51. The molecule has 102 valence electrons. The van der Waals surface area contributed by atoms with E-state index in [0.717, 1.165) is 13.1 Å². The molecule has 0 saturated heterocycles. The summed E-state index contributed by atoms with van der Waals surface area (Å²) in [4.78, 5) is 4.40. The standard InChI is InChI=1S/C15H25ClN2/c1-5-6-11-18(4)12-15(16)13-7-9-14(10-8-13)17(2)3/h7-10,15H,5-6,11-12H2,1-4H3. The van der Waals surface area contributed by atoms with Gasteiger partial charge in [0.05, 0.1) is 5.38 Å². The van der Waals surface area contributed by atoms with E-state index in [4.69, 9.17) is 11.6 Å². The van der Waals surface area contributed by atoms with Gasteiger partial charge in [-0.2, -0.15) is 0 Å². The minimum atomic E-state index is 0.0723. The van der Waals surface area contributed by atoms with Crippen molar-refractivity contribution in [1.29, 1.82) is 0 Å². The molecule has 0 aromatic heterocycles. The lowest BCUT2D eigenvalue weighted by Gasteiger charge is -2.20. The van der Waals surface area contributed by atoms with Gasteiger partial charge in [-0.1, -0.05) is 25.5 Å². The number of benzene rings is 1. The summed E-state index contributed by atoms with van der Waals surface area (Å²) in [6.07, 6.45) is 2.47. The van der Waals surface area contributed by atoms with Gasteiger partial charge in [0.2, 0.25) is 0 Å². The second-order valence-electron chi connectivity index (χ2n) is 5.07. The molecule has 0 saturated carbocycles. The van der Waals surface area contributed by atoms with E-state index < -0.39 is 0 Å². The Morgan fingerprint density at radius 2 is 1.72 bits per heavy atom. The van der Waals surface area contributed by atoms with Crippen molar-refractivity contribution in [2.45, 2.75) is 25.1 Å². The van der Waals surface area contributed by atoms with Crippen LogP contribution in [-0.2, 0) is 0 Å². The van der Waals surface area contributed by atoms with Crippen LogP contribution in [0.5, 0.6) is 0 Å². The van der Waals surface area contributed by atoms with Crippen molar-refractivity contribution in [3.05, 3.63) is 29.8 Å². The van der Waals surface area contributed by atoms with Gasteiger partial charge in [-0.15, -0.1) is 11.6 Å². The quantitative estimate of drug-likeness (QED) is 0.695. The summed E-state index contributed by atoms with van der Waals surface area (Å²) >= 11 is 6.46. The molecule has 0 bridgehead atoms. The number of hydrogen-bond acceptors (Lipinski definition) is 2. The molecule has 3 heteroatoms. The number of anilines is 1. The van der Waals surface area contributed by atoms with Crippen LogP contribution in [0.1, 0.15) is 30.7 Å². The van der Waals surface area contributed by atoms with Gasteiger partial charge in [0, 0.05) is 26.3 Å². The van der Waals surface area contributed by atoms with Gasteiger partial charge in [-0.05, 0) is 37.7 Å². The Bertz CT molecular complexity index is 335. The van der Waals surface area contributed by atoms with E-state index in [1.54, 1.807) is 0 Å². The van der Waals surface area contributed by atoms with Crippen LogP contribution >= 0.6 is 11.6 Å². The van der Waals surface area contributed by atoms with Crippen LogP contribution in [0.15, 0.2) is 24.3 Å². The van der Waals surface area contributed by atoms with Crippen molar-refractivity contribution >= 4 is 17.3 Å². The molecule has 18 heavy (non-hydrogen) atoms. The molecule has 0 radical (unpaired) electrons. The number of unbranched alkanes of at least 4 members (excludes halogenated alkanes) is 1. The Hall–Kier alpha value is -0.730. The van der Waals surface area contributed by atoms with Gasteiger partial charge in [0.1, 0.15) is 0 Å². The van der Waals surface area contributed by atoms with Gasteiger partial charge in [0.25, 0.3) is 0 Å². The van der Waals surface area contributed by atoms with Crippen LogP contribution in [0.25, 0.3) is 0 Å². The van der Waals surface area contributed by atoms with E-state index in [0.29, 0.717) is 0 Å². The SMILES string of the molecule is CCCCN(C)CC(Cl)c1ccc(N(C)C)cc1. The first kappa shape index (κ1) is 15.3. The molecular weight excluding hydrogens is 244 g/mol. The third-order valence-corrected chi connectivity index (χ3v) is 3.53. The number of likely N-dealkylation sites (N-methyl/N-ethyl adjacent to an activating group) is 1. The first-order valence-corrected chi connectivity index (χ1v) is 7.08. The molecule has 0 fully saturated rings. The van der Waals surface area contributed by atoms with E-state index in [1.165, 1.54) is 24.1 Å². The molecule has 0 aliphatic rings. The first-order valence-electron chi connectivity index (χ1n) is 6.64. The smallest absolute Gasteiger partial charge is 0.0712 e. The Morgan fingerprint density at radius 1 is 1.11 bits per heavy atom. The van der Waals surface area contributed by atoms with Crippen molar-refractivity contribution in [2.24, 2.45) is 0 Å². The van der Waals surface area contributed by atoms with Gasteiger partial charge >= 0.3 is 0 Å². The van der Waals surface area contributed by atoms with Crippen molar-refractivity contribution < 1.29 is 0 Å². The summed E-state index contributed by atoms with van der Waals surface area (Å²) < 4.78 is 0. The fourth-order valence-corrected chi connectivity index (χ4v) is 2.26. The highest BCUT2D eigenvalue weighted by atomic mass is 35.5. The van der Waals surface area contributed by atoms with Crippen molar-refractivity contribution in [3.63, 3.8) is 0 Å². The van der Waals surface area contributed by atoms with Crippen LogP contribution in [-0.4, -0.2) is 39.1 Å². The van der Waals surface area contributed by atoms with Crippen molar-refractivity contribution in [1.82, 2.24) is 4.90 Å². The molecule has 0 amide bonds. The largest absolute Gasteiger partial charge is 0.378 e. The van der Waals surface area contributed by atoms with E-state index in [2.05, 4.69) is 48.0 Å². The molecule has 0 N–H and O–H groups in total. The average Bonchev–Trinajstić information content (AvgIpc) is 2.36. The summed E-state index contributed by atoms with van der Waals surface area (Å²) in [5.74, 6) is 0. The lowest BCUT2D eigenvalue weighted by Crippen LogP contribution is -2.23. The normalized spacial score (nSPS) is 12.8. The molecule has 1 rings (SSSR count). The fraction of sp³-hybridized carbons (Fsp3) is 0.600. The monoisotopic (exact) mass is 268 g/mol. The third kappa shape index (κ3) is 4.87. The van der Waals surface area contributed by atoms with Gasteiger partial charge in [0.15, 0.2) is 0 Å². The Morgan fingerprint density at radius 3 is 2.22 bits per heavy atom. The molecule has 0 spiro atoms. The maximum absolute atomic E-state index is 6.46. The first-order chi connectivity index (χ1) is 8.54. The van der Waals surface area contributed by atoms with E-state index in [9.17, 15) is 0 Å². The van der Waals surface area contributed by atoms with E-state index in [1.807, 2.05) is 14.1 Å². The summed E-state index contributed by atoms with van der Waals surface area (Å²) in [6, 6.07) is 8.49. The van der Waals surface area contributed by atoms with Crippen LogP contribution in [0.4, 0.5) is 5.69 Å². The third-order valence-electron chi connectivity index (χ3n) is 3.14. The molecule has 2 nitrogen and oxygen atoms in total. The lowest BCUT2D eigenvalue weighted by molar-refractivity contribution is 0.328. The molecule has 1 aromatic carbocycles. The highest BCUT2D eigenvalue weighted by Crippen LogP contribution is 2.23. The highest BCUT2D eigenvalue weighted by molar-refractivity contribution is 6.21. The summed E-state index contributed by atoms with van der Waals surface area (Å²) in [7, 11) is 6.23. The molecule has 1 aromatic rings. The zero-order valence-electron chi connectivity index (χ0n) is 12.0. The Balaban J connectivity index is 2.53. The number of halogens is 1. The van der Waals surface area contributed by atoms with E-state index in [-0.39, 0.29) is 5.38 Å². The number of rotatable bonds is 7. The van der Waals surface area contributed by atoms with Crippen LogP contribution in [0.2, 0.25) is 0 Å². The maximum atomic E-state index is 6.46. The van der Waals surface area contributed by atoms with Gasteiger partial charge in [-0.25, -0.2) is 0 Å². The zero-order valence-corrected chi connectivity index (χ0v) is 12.7. The summed E-state index contributed by atoms with van der Waals surface area (Å²) in [5, 5.41) is 0.0723. The van der Waals surface area contributed by atoms with E-state index >= 15 is 0 Å². The highest BCUT2D eigenvalue weighted by Gasteiger charge is 2.10. The van der Waals surface area contributed by atoms with Crippen molar-refractivity contribution in [3.8, 4) is 0 Å². The molecular formula is C15H25ClN2. The second-order valence-corrected chi connectivity index (χ2v) is 5.60. The minimum absolute atomic E-state index is 0.0723. The predicted octanol–water partition coefficient (Wildman–Crippen LogP) is 3.76. The van der Waals surface area contributed by atoms with Crippen LogP contribution < -0.4 is 4.90 Å². The molecule has 0 aliphatic heterocycles. The average molecular weight is 269 g/mol. The molecule has 0 aliphatic carbocycles. The van der Waals surface area contributed by atoms with Crippen LogP contribution in [0.3, 0.4) is 0 Å². The fourth-order valence-electron chi connectivity index (χ4n) is 1.88. The predicted molar refractivity (Wildman–Crippen MR) is 81.8 cm³/mol. The number of nitrogens with zero attached hydrogens (tertiary/aromatic N) is 2. The zero-order chi connectivity index (χ0) is 13.5. The van der Waals surface area contributed by atoms with Gasteiger partial charge in [-0.3, -0.25) is 0 Å². The summed E-state index contributed by atoms with van der Waals surface area (Å²) in [6.45, 7) is 4.24. The maximum Gasteiger partial charge on any atom is 0.0712 e. The minimum Gasteiger partial charge on any atom is -0.378 e.